The van der Waals surface area contributed by atoms with Crippen LogP contribution in [0.1, 0.15) is 19.4 Å². The lowest BCUT2D eigenvalue weighted by Crippen LogP contribution is -2.06. The lowest BCUT2D eigenvalue weighted by molar-refractivity contribution is 0.241. The summed E-state index contributed by atoms with van der Waals surface area (Å²) in [4.78, 5) is 0. The van der Waals surface area contributed by atoms with Gasteiger partial charge < -0.3 is 10.1 Å². The number of anilines is 1. The molecule has 2 rings (SSSR count). The highest BCUT2D eigenvalue weighted by molar-refractivity contribution is 5.62. The number of nitrogens with zero attached hydrogens (tertiary/aromatic N) is 2. The monoisotopic (exact) mass is 257 g/mol. The first-order valence-corrected chi connectivity index (χ1v) is 6.39. The molecule has 100 valence electrons. The van der Waals surface area contributed by atoms with Crippen molar-refractivity contribution in [3.05, 3.63) is 35.9 Å². The van der Waals surface area contributed by atoms with E-state index in [9.17, 15) is 0 Å². The zero-order chi connectivity index (χ0) is 13.8. The van der Waals surface area contributed by atoms with E-state index >= 15 is 0 Å². The molecule has 0 aliphatic heterocycles. The average molecular weight is 257 g/mol. The molecule has 0 amide bonds. The van der Waals surface area contributed by atoms with E-state index in [-0.39, 0.29) is 6.10 Å². The summed E-state index contributed by atoms with van der Waals surface area (Å²) in [6.45, 7) is 6.08. The van der Waals surface area contributed by atoms with Gasteiger partial charge in [-0.25, -0.2) is 0 Å². The predicted octanol–water partition coefficient (Wildman–Crippen LogP) is 3.28. The van der Waals surface area contributed by atoms with E-state index in [4.69, 9.17) is 4.74 Å². The van der Waals surface area contributed by atoms with Crippen LogP contribution in [0.2, 0.25) is 0 Å². The summed E-state index contributed by atoms with van der Waals surface area (Å²) < 4.78 is 5.73. The van der Waals surface area contributed by atoms with Gasteiger partial charge in [-0.05, 0) is 56.7 Å². The fraction of sp³-hybridized carbons (Fsp3) is 0.333. The molecular weight excluding hydrogens is 238 g/mol. The molecule has 2 aromatic rings. The molecule has 1 N–H and O–H groups in total. The number of ether oxygens (including phenoxy) is 1. The molecule has 0 aliphatic carbocycles. The molecule has 0 fully saturated rings. The lowest BCUT2D eigenvalue weighted by Gasteiger charge is -2.13. The minimum absolute atomic E-state index is 0.180. The van der Waals surface area contributed by atoms with Crippen molar-refractivity contribution in [1.29, 1.82) is 0 Å². The third-order valence-electron chi connectivity index (χ3n) is 2.75. The van der Waals surface area contributed by atoms with Crippen molar-refractivity contribution in [2.24, 2.45) is 0 Å². The zero-order valence-corrected chi connectivity index (χ0v) is 11.8. The molecule has 4 nitrogen and oxygen atoms in total. The van der Waals surface area contributed by atoms with Crippen molar-refractivity contribution in [1.82, 2.24) is 10.2 Å². The van der Waals surface area contributed by atoms with Gasteiger partial charge in [-0.1, -0.05) is 0 Å². The van der Waals surface area contributed by atoms with E-state index in [1.165, 1.54) is 0 Å². The molecule has 0 saturated carbocycles. The Bertz CT molecular complexity index is 550. The van der Waals surface area contributed by atoms with E-state index in [1.807, 2.05) is 52.1 Å². The minimum Gasteiger partial charge on any atom is -0.491 e. The Morgan fingerprint density at radius 1 is 1.11 bits per heavy atom. The highest BCUT2D eigenvalue weighted by Gasteiger charge is 2.06. The van der Waals surface area contributed by atoms with Crippen LogP contribution in [-0.4, -0.2) is 23.3 Å². The molecule has 1 aromatic heterocycles. The maximum Gasteiger partial charge on any atom is 0.148 e. The van der Waals surface area contributed by atoms with E-state index in [2.05, 4.69) is 21.6 Å². The second kappa shape index (κ2) is 5.69. The van der Waals surface area contributed by atoms with Crippen molar-refractivity contribution in [2.45, 2.75) is 26.9 Å². The molecule has 0 radical (unpaired) electrons. The molecule has 4 heteroatoms. The normalized spacial score (nSPS) is 10.6. The summed E-state index contributed by atoms with van der Waals surface area (Å²) in [7, 11) is 1.83. The fourth-order valence-electron chi connectivity index (χ4n) is 1.81. The molecule has 0 atom stereocenters. The first-order valence-electron chi connectivity index (χ1n) is 6.39. The SMILES string of the molecule is CNc1ccc(-c2ccc(OC(C)C)c(C)c2)nn1. The molecule has 0 bridgehead atoms. The third kappa shape index (κ3) is 3.22. The number of hydrogen-bond donors (Lipinski definition) is 1. The number of aromatic nitrogens is 2. The molecule has 0 spiro atoms. The summed E-state index contributed by atoms with van der Waals surface area (Å²) in [5.41, 5.74) is 3.01. The van der Waals surface area contributed by atoms with Gasteiger partial charge in [0.05, 0.1) is 11.8 Å². The van der Waals surface area contributed by atoms with Crippen molar-refractivity contribution >= 4 is 5.82 Å². The first kappa shape index (κ1) is 13.3. The van der Waals surface area contributed by atoms with Crippen LogP contribution in [0.25, 0.3) is 11.3 Å². The Hall–Kier alpha value is -2.10. The minimum atomic E-state index is 0.180. The van der Waals surface area contributed by atoms with Gasteiger partial charge in [-0.2, -0.15) is 0 Å². The largest absolute Gasteiger partial charge is 0.491 e. The maximum atomic E-state index is 5.73. The van der Waals surface area contributed by atoms with Crippen LogP contribution in [0.4, 0.5) is 5.82 Å². The van der Waals surface area contributed by atoms with Crippen LogP contribution in [0.3, 0.4) is 0 Å². The third-order valence-corrected chi connectivity index (χ3v) is 2.75. The van der Waals surface area contributed by atoms with Crippen LogP contribution >= 0.6 is 0 Å². The molecule has 0 saturated heterocycles. The number of benzene rings is 1. The summed E-state index contributed by atoms with van der Waals surface area (Å²) in [5.74, 6) is 1.68. The van der Waals surface area contributed by atoms with Crippen molar-refractivity contribution < 1.29 is 4.74 Å². The highest BCUT2D eigenvalue weighted by Crippen LogP contribution is 2.25. The van der Waals surface area contributed by atoms with Gasteiger partial charge in [-0.3, -0.25) is 0 Å². The molecular formula is C15H19N3O. The average Bonchev–Trinajstić information content (AvgIpc) is 2.41. The van der Waals surface area contributed by atoms with Crippen LogP contribution in [0, 0.1) is 6.92 Å². The van der Waals surface area contributed by atoms with Crippen LogP contribution in [0.5, 0.6) is 5.75 Å². The van der Waals surface area contributed by atoms with Crippen LogP contribution in [0.15, 0.2) is 30.3 Å². The summed E-state index contributed by atoms with van der Waals surface area (Å²) in [6, 6.07) is 9.93. The van der Waals surface area contributed by atoms with Crippen molar-refractivity contribution in [2.75, 3.05) is 12.4 Å². The van der Waals surface area contributed by atoms with Crippen LogP contribution < -0.4 is 10.1 Å². The Kier molecular flexibility index (Phi) is 4.00. The van der Waals surface area contributed by atoms with Gasteiger partial charge in [0.2, 0.25) is 0 Å². The number of hydrogen-bond acceptors (Lipinski definition) is 4. The Labute approximate surface area is 113 Å². The summed E-state index contributed by atoms with van der Waals surface area (Å²) in [6.07, 6.45) is 0.180. The standard InChI is InChI=1S/C15H19N3O/c1-10(2)19-14-7-5-12(9-11(14)3)13-6-8-15(16-4)18-17-13/h5-10H,1-4H3,(H,16,18). The lowest BCUT2D eigenvalue weighted by atomic mass is 10.1. The zero-order valence-electron chi connectivity index (χ0n) is 11.8. The highest BCUT2D eigenvalue weighted by atomic mass is 16.5. The maximum absolute atomic E-state index is 5.73. The van der Waals surface area contributed by atoms with Gasteiger partial charge in [-0.15, -0.1) is 10.2 Å². The van der Waals surface area contributed by atoms with Gasteiger partial charge in [0.25, 0.3) is 0 Å². The molecule has 1 aromatic carbocycles. The second-order valence-electron chi connectivity index (χ2n) is 4.70. The number of rotatable bonds is 4. The predicted molar refractivity (Wildman–Crippen MR) is 77.5 cm³/mol. The molecule has 1 heterocycles. The Morgan fingerprint density at radius 3 is 2.42 bits per heavy atom. The topological polar surface area (TPSA) is 47.0 Å². The van der Waals surface area contributed by atoms with E-state index < -0.39 is 0 Å². The van der Waals surface area contributed by atoms with Crippen molar-refractivity contribution in [3.8, 4) is 17.0 Å². The first-order chi connectivity index (χ1) is 9.10. The van der Waals surface area contributed by atoms with E-state index in [0.29, 0.717) is 0 Å². The van der Waals surface area contributed by atoms with Gasteiger partial charge in [0.1, 0.15) is 11.6 Å². The molecule has 19 heavy (non-hydrogen) atoms. The van der Waals surface area contributed by atoms with E-state index in [1.54, 1.807) is 0 Å². The Balaban J connectivity index is 2.27. The fourth-order valence-corrected chi connectivity index (χ4v) is 1.81. The van der Waals surface area contributed by atoms with Crippen LogP contribution in [-0.2, 0) is 0 Å². The molecule has 0 unspecified atom stereocenters. The van der Waals surface area contributed by atoms with E-state index in [0.717, 1.165) is 28.4 Å². The number of nitrogens with one attached hydrogen (secondary N) is 1. The van der Waals surface area contributed by atoms with Gasteiger partial charge in [0, 0.05) is 12.6 Å². The van der Waals surface area contributed by atoms with Crippen molar-refractivity contribution in [3.63, 3.8) is 0 Å². The smallest absolute Gasteiger partial charge is 0.148 e. The van der Waals surface area contributed by atoms with Gasteiger partial charge >= 0.3 is 0 Å². The Morgan fingerprint density at radius 2 is 1.89 bits per heavy atom. The van der Waals surface area contributed by atoms with Gasteiger partial charge in [0.15, 0.2) is 0 Å². The number of aryl methyl sites for hydroxylation is 1. The summed E-state index contributed by atoms with van der Waals surface area (Å²) >= 11 is 0. The quantitative estimate of drug-likeness (QED) is 0.913. The molecule has 0 aliphatic rings. The second-order valence-corrected chi connectivity index (χ2v) is 4.70. The summed E-state index contributed by atoms with van der Waals surface area (Å²) in [5, 5.41) is 11.2.